The Labute approximate surface area is 150 Å². The fourth-order valence-corrected chi connectivity index (χ4v) is 4.61. The van der Waals surface area contributed by atoms with Crippen molar-refractivity contribution in [3.8, 4) is 0 Å². The summed E-state index contributed by atoms with van der Waals surface area (Å²) in [5.74, 6) is 1.24. The number of guanidine groups is 1. The molecule has 1 saturated heterocycles. The minimum atomic E-state index is 0.190. The van der Waals surface area contributed by atoms with Crippen LogP contribution in [0.4, 0.5) is 0 Å². The Morgan fingerprint density at radius 1 is 1.00 bits per heavy atom. The molecule has 3 nitrogen and oxygen atoms in total. The average Bonchev–Trinajstić information content (AvgIpc) is 3.09. The van der Waals surface area contributed by atoms with Crippen LogP contribution < -0.4 is 5.73 Å². The number of fused-ring (bicyclic) bond motifs is 1. The minimum absolute atomic E-state index is 0.190. The zero-order valence-corrected chi connectivity index (χ0v) is 14.9. The highest BCUT2D eigenvalue weighted by Gasteiger charge is 2.43. The lowest BCUT2D eigenvalue weighted by Crippen LogP contribution is -2.52. The summed E-state index contributed by atoms with van der Waals surface area (Å²) in [5.41, 5.74) is 9.14. The number of nitrogens with two attached hydrogens (primary N) is 1. The third-order valence-corrected chi connectivity index (χ3v) is 5.94. The van der Waals surface area contributed by atoms with Crippen molar-refractivity contribution in [1.29, 1.82) is 0 Å². The standard InChI is InChI=1S/C22H27N3/c1-16-20-15-14-19(13-12-17-8-4-2-5-9-17)25(20)22(23)24-21(16)18-10-6-3-7-11-18/h2-11,16,19-21H,12-15H2,1H3,(H2,23,24)/t16-,19+,20-,21-/m1/s1. The molecule has 0 unspecified atom stereocenters. The van der Waals surface area contributed by atoms with Gasteiger partial charge in [0, 0.05) is 18.0 Å². The summed E-state index contributed by atoms with van der Waals surface area (Å²) < 4.78 is 0. The Hall–Kier alpha value is -2.29. The molecule has 0 radical (unpaired) electrons. The molecule has 4 atom stereocenters. The molecule has 2 aromatic carbocycles. The first-order valence-corrected chi connectivity index (χ1v) is 9.44. The van der Waals surface area contributed by atoms with E-state index in [-0.39, 0.29) is 6.04 Å². The van der Waals surface area contributed by atoms with E-state index in [0.29, 0.717) is 18.0 Å². The molecule has 2 heterocycles. The highest BCUT2D eigenvalue weighted by atomic mass is 15.3. The van der Waals surface area contributed by atoms with Crippen molar-refractivity contribution in [2.24, 2.45) is 16.6 Å². The summed E-state index contributed by atoms with van der Waals surface area (Å²) in [7, 11) is 0. The van der Waals surface area contributed by atoms with Gasteiger partial charge in [0.1, 0.15) is 0 Å². The fourth-order valence-electron chi connectivity index (χ4n) is 4.61. The molecule has 1 fully saturated rings. The molecule has 0 spiro atoms. The number of benzene rings is 2. The number of hydrogen-bond donors (Lipinski definition) is 1. The van der Waals surface area contributed by atoms with Crippen LogP contribution in [0.3, 0.4) is 0 Å². The second-order valence-corrected chi connectivity index (χ2v) is 7.43. The van der Waals surface area contributed by atoms with Gasteiger partial charge in [-0.1, -0.05) is 67.6 Å². The zero-order valence-electron chi connectivity index (χ0n) is 14.9. The fraction of sp³-hybridized carbons (Fsp3) is 0.409. The molecule has 0 aromatic heterocycles. The third kappa shape index (κ3) is 3.15. The Morgan fingerprint density at radius 2 is 1.68 bits per heavy atom. The summed E-state index contributed by atoms with van der Waals surface area (Å²) in [6.07, 6.45) is 4.71. The molecule has 0 bridgehead atoms. The van der Waals surface area contributed by atoms with Crippen LogP contribution in [0.5, 0.6) is 0 Å². The molecule has 2 aliphatic rings. The molecule has 3 heteroatoms. The van der Waals surface area contributed by atoms with E-state index in [1.165, 1.54) is 24.0 Å². The largest absolute Gasteiger partial charge is 0.370 e. The monoisotopic (exact) mass is 333 g/mol. The number of rotatable bonds is 4. The SMILES string of the molecule is C[C@@H]1[C@H]2CC[C@H](CCc3ccccc3)N2C(N)=N[C@H]1c1ccccc1. The van der Waals surface area contributed by atoms with Crippen LogP contribution in [-0.4, -0.2) is 22.9 Å². The third-order valence-electron chi connectivity index (χ3n) is 5.94. The van der Waals surface area contributed by atoms with Crippen molar-refractivity contribution in [2.75, 3.05) is 0 Å². The van der Waals surface area contributed by atoms with Gasteiger partial charge >= 0.3 is 0 Å². The van der Waals surface area contributed by atoms with Gasteiger partial charge in [-0.15, -0.1) is 0 Å². The summed E-state index contributed by atoms with van der Waals surface area (Å²) in [5, 5.41) is 0. The summed E-state index contributed by atoms with van der Waals surface area (Å²) in [4.78, 5) is 7.33. The van der Waals surface area contributed by atoms with Crippen molar-refractivity contribution >= 4 is 5.96 Å². The van der Waals surface area contributed by atoms with Crippen LogP contribution in [0.15, 0.2) is 65.7 Å². The highest BCUT2D eigenvalue weighted by Crippen LogP contribution is 2.41. The maximum absolute atomic E-state index is 6.45. The van der Waals surface area contributed by atoms with Gasteiger partial charge in [-0.3, -0.25) is 0 Å². The maximum atomic E-state index is 6.45. The van der Waals surface area contributed by atoms with Crippen LogP contribution >= 0.6 is 0 Å². The molecule has 25 heavy (non-hydrogen) atoms. The van der Waals surface area contributed by atoms with E-state index in [1.807, 2.05) is 0 Å². The highest BCUT2D eigenvalue weighted by molar-refractivity contribution is 5.80. The van der Waals surface area contributed by atoms with Crippen molar-refractivity contribution in [3.05, 3.63) is 71.8 Å². The quantitative estimate of drug-likeness (QED) is 0.913. The lowest BCUT2D eigenvalue weighted by molar-refractivity contribution is 0.196. The van der Waals surface area contributed by atoms with E-state index in [1.54, 1.807) is 0 Å². The van der Waals surface area contributed by atoms with Crippen LogP contribution in [0.1, 0.15) is 43.4 Å². The van der Waals surface area contributed by atoms with Crippen LogP contribution in [-0.2, 0) is 6.42 Å². The predicted molar refractivity (Wildman–Crippen MR) is 103 cm³/mol. The molecule has 0 aliphatic carbocycles. The Balaban J connectivity index is 1.51. The van der Waals surface area contributed by atoms with Gasteiger partial charge < -0.3 is 10.6 Å². The first-order valence-electron chi connectivity index (χ1n) is 9.44. The normalized spacial score (nSPS) is 28.5. The topological polar surface area (TPSA) is 41.6 Å². The molecule has 0 saturated carbocycles. The summed E-state index contributed by atoms with van der Waals surface area (Å²) in [6, 6.07) is 22.6. The minimum Gasteiger partial charge on any atom is -0.370 e. The second-order valence-electron chi connectivity index (χ2n) is 7.43. The van der Waals surface area contributed by atoms with E-state index in [9.17, 15) is 0 Å². The molecule has 4 rings (SSSR count). The number of hydrogen-bond acceptors (Lipinski definition) is 3. The molecule has 2 aliphatic heterocycles. The summed E-state index contributed by atoms with van der Waals surface area (Å²) in [6.45, 7) is 2.34. The van der Waals surface area contributed by atoms with Gasteiger partial charge in [0.2, 0.25) is 0 Å². The first-order chi connectivity index (χ1) is 12.2. The van der Waals surface area contributed by atoms with E-state index >= 15 is 0 Å². The van der Waals surface area contributed by atoms with Gasteiger partial charge in [-0.25, -0.2) is 4.99 Å². The van der Waals surface area contributed by atoms with Crippen molar-refractivity contribution in [3.63, 3.8) is 0 Å². The zero-order chi connectivity index (χ0) is 17.2. The Morgan fingerprint density at radius 3 is 2.40 bits per heavy atom. The molecule has 2 N–H and O–H groups in total. The molecule has 130 valence electrons. The number of aryl methyl sites for hydroxylation is 1. The number of aliphatic imine (C=N–C) groups is 1. The van der Waals surface area contributed by atoms with Gasteiger partial charge in [-0.2, -0.15) is 0 Å². The Bertz CT molecular complexity index is 725. The lowest BCUT2D eigenvalue weighted by Gasteiger charge is -2.41. The lowest BCUT2D eigenvalue weighted by atomic mass is 9.86. The van der Waals surface area contributed by atoms with Gasteiger partial charge in [0.25, 0.3) is 0 Å². The van der Waals surface area contributed by atoms with E-state index < -0.39 is 0 Å². The number of nitrogens with zero attached hydrogens (tertiary/aromatic N) is 2. The van der Waals surface area contributed by atoms with Crippen LogP contribution in [0.25, 0.3) is 0 Å². The maximum Gasteiger partial charge on any atom is 0.192 e. The first kappa shape index (κ1) is 16.2. The van der Waals surface area contributed by atoms with Gasteiger partial charge in [-0.05, 0) is 36.8 Å². The van der Waals surface area contributed by atoms with Crippen molar-refractivity contribution < 1.29 is 0 Å². The molecule has 0 amide bonds. The summed E-state index contributed by atoms with van der Waals surface area (Å²) >= 11 is 0. The molecular weight excluding hydrogens is 306 g/mol. The molecule has 2 aromatic rings. The van der Waals surface area contributed by atoms with E-state index in [4.69, 9.17) is 10.7 Å². The van der Waals surface area contributed by atoms with E-state index in [0.717, 1.165) is 18.8 Å². The van der Waals surface area contributed by atoms with Gasteiger partial charge in [0.15, 0.2) is 5.96 Å². The molecular formula is C22H27N3. The van der Waals surface area contributed by atoms with Gasteiger partial charge in [0.05, 0.1) is 6.04 Å². The van der Waals surface area contributed by atoms with Crippen LogP contribution in [0.2, 0.25) is 0 Å². The van der Waals surface area contributed by atoms with Crippen molar-refractivity contribution in [2.45, 2.75) is 50.7 Å². The second kappa shape index (κ2) is 6.91. The van der Waals surface area contributed by atoms with Crippen molar-refractivity contribution in [1.82, 2.24) is 4.90 Å². The Kier molecular flexibility index (Phi) is 4.48. The van der Waals surface area contributed by atoms with Crippen LogP contribution in [0, 0.1) is 5.92 Å². The predicted octanol–water partition coefficient (Wildman–Crippen LogP) is 4.16. The van der Waals surface area contributed by atoms with E-state index in [2.05, 4.69) is 72.5 Å². The smallest absolute Gasteiger partial charge is 0.192 e. The average molecular weight is 333 g/mol.